The first-order valence-corrected chi connectivity index (χ1v) is 20.3. The van der Waals surface area contributed by atoms with Crippen LogP contribution in [0.5, 0.6) is 0 Å². The lowest BCUT2D eigenvalue weighted by atomic mass is 9.82. The largest absolute Gasteiger partial charge is 0.456 e. The van der Waals surface area contributed by atoms with Crippen LogP contribution >= 0.6 is 0 Å². The molecule has 0 N–H and O–H groups in total. The molecule has 0 saturated carbocycles. The monoisotopic (exact) mass is 745 g/mol. The average Bonchev–Trinajstić information content (AvgIpc) is 3.91. The van der Waals surface area contributed by atoms with Gasteiger partial charge in [0, 0.05) is 43.7 Å². The maximum atomic E-state index is 6.21. The summed E-state index contributed by atoms with van der Waals surface area (Å²) in [6.45, 7) is 4.73. The Bertz CT molecular complexity index is 3370. The van der Waals surface area contributed by atoms with Crippen LogP contribution < -0.4 is 4.90 Å². The first-order valence-electron chi connectivity index (χ1n) is 20.3. The maximum Gasteiger partial charge on any atom is 0.135 e. The number of hydrogen-bond acceptors (Lipinski definition) is 3. The number of rotatable bonds is 5. The van der Waals surface area contributed by atoms with Crippen LogP contribution in [0.1, 0.15) is 37.0 Å². The second kappa shape index (κ2) is 12.4. The molecule has 3 heteroatoms. The molecule has 0 spiro atoms. The molecule has 0 fully saturated rings. The second-order valence-electron chi connectivity index (χ2n) is 16.4. The molecule has 0 aliphatic heterocycles. The Morgan fingerprint density at radius 2 is 1.07 bits per heavy atom. The van der Waals surface area contributed by atoms with Crippen molar-refractivity contribution in [1.82, 2.24) is 0 Å². The van der Waals surface area contributed by atoms with Gasteiger partial charge in [-0.15, -0.1) is 0 Å². The first kappa shape index (κ1) is 33.1. The summed E-state index contributed by atoms with van der Waals surface area (Å²) in [7, 11) is 0. The Kier molecular flexibility index (Phi) is 7.10. The number of furan rings is 2. The first-order chi connectivity index (χ1) is 28.5. The van der Waals surface area contributed by atoms with Crippen LogP contribution in [0.2, 0.25) is 0 Å². The number of benzene rings is 8. The SMILES string of the molecule is CC1(C)c2ccccc2-c2ccc(N(c3ccc(-c4ccc5oc6ccccc6c5c4)c4ccccc34)C3C=CC(c4ccc5oc6ccccc6c5c4)=CC3)cc21. The van der Waals surface area contributed by atoms with Crippen molar-refractivity contribution in [2.45, 2.75) is 31.7 Å². The molecule has 1 atom stereocenters. The molecule has 1 unspecified atom stereocenters. The minimum Gasteiger partial charge on any atom is -0.456 e. The number of fused-ring (bicyclic) bond motifs is 10. The standard InChI is InChI=1S/C55H39NO2/c1-55(2)48-16-8-5-12-41(48)42-26-25-38(33-49(42)55)56(37-23-19-34(20-24-37)35-21-29-53-46(31-35)44-14-6-9-17-51(44)57-53)50-28-27-39(40-11-3-4-13-43(40)50)36-22-30-54-47(32-36)45-15-7-10-18-52(45)58-54/h3-23,25-33,37H,24H2,1-2H3. The molecule has 10 aromatic rings. The van der Waals surface area contributed by atoms with E-state index in [0.29, 0.717) is 0 Å². The van der Waals surface area contributed by atoms with Gasteiger partial charge in [-0.3, -0.25) is 0 Å². The molecular formula is C55H39NO2. The molecular weight excluding hydrogens is 707 g/mol. The number of para-hydroxylation sites is 2. The Balaban J connectivity index is 0.992. The summed E-state index contributed by atoms with van der Waals surface area (Å²) in [6, 6.07) is 59.5. The number of hydrogen-bond donors (Lipinski definition) is 0. The van der Waals surface area contributed by atoms with Gasteiger partial charge in [0.25, 0.3) is 0 Å². The fourth-order valence-electron chi connectivity index (χ4n) is 9.91. The van der Waals surface area contributed by atoms with Crippen molar-refractivity contribution >= 4 is 71.6 Å². The van der Waals surface area contributed by atoms with E-state index in [-0.39, 0.29) is 11.5 Å². The van der Waals surface area contributed by atoms with E-state index in [1.54, 1.807) is 0 Å². The highest BCUT2D eigenvalue weighted by Crippen LogP contribution is 2.51. The van der Waals surface area contributed by atoms with E-state index in [1.807, 2.05) is 24.3 Å². The van der Waals surface area contributed by atoms with Gasteiger partial charge >= 0.3 is 0 Å². The van der Waals surface area contributed by atoms with E-state index in [2.05, 4.69) is 177 Å². The summed E-state index contributed by atoms with van der Waals surface area (Å²) >= 11 is 0. The Labute approximate surface area is 336 Å². The van der Waals surface area contributed by atoms with Gasteiger partial charge in [0.15, 0.2) is 0 Å². The van der Waals surface area contributed by atoms with Crippen molar-refractivity contribution in [1.29, 1.82) is 0 Å². The summed E-state index contributed by atoms with van der Waals surface area (Å²) in [4.78, 5) is 2.58. The number of allylic oxidation sites excluding steroid dienone is 2. The molecule has 0 saturated heterocycles. The van der Waals surface area contributed by atoms with Crippen LogP contribution in [0.25, 0.3) is 82.5 Å². The van der Waals surface area contributed by atoms with Gasteiger partial charge in [-0.1, -0.05) is 141 Å². The third-order valence-corrected chi connectivity index (χ3v) is 12.8. The van der Waals surface area contributed by atoms with Gasteiger partial charge in [-0.2, -0.15) is 0 Å². The third kappa shape index (κ3) is 4.93. The summed E-state index contributed by atoms with van der Waals surface area (Å²) in [5, 5.41) is 7.03. The lowest BCUT2D eigenvalue weighted by Crippen LogP contribution is -2.30. The number of anilines is 2. The highest BCUT2D eigenvalue weighted by Gasteiger charge is 2.36. The Morgan fingerprint density at radius 1 is 0.483 bits per heavy atom. The zero-order valence-electron chi connectivity index (χ0n) is 32.4. The van der Waals surface area contributed by atoms with E-state index in [1.165, 1.54) is 66.7 Å². The summed E-state index contributed by atoms with van der Waals surface area (Å²) in [5.41, 5.74) is 16.2. The van der Waals surface area contributed by atoms with Crippen LogP contribution in [0.3, 0.4) is 0 Å². The van der Waals surface area contributed by atoms with Crippen molar-refractivity contribution in [2.75, 3.05) is 4.90 Å². The predicted octanol–water partition coefficient (Wildman–Crippen LogP) is 15.2. The maximum absolute atomic E-state index is 6.21. The minimum absolute atomic E-state index is 0.0927. The fraction of sp³-hybridized carbons (Fsp3) is 0.0909. The quantitative estimate of drug-likeness (QED) is 0.176. The van der Waals surface area contributed by atoms with E-state index in [4.69, 9.17) is 8.83 Å². The van der Waals surface area contributed by atoms with Gasteiger partial charge in [0.1, 0.15) is 22.3 Å². The lowest BCUT2D eigenvalue weighted by Gasteiger charge is -2.35. The molecule has 8 aromatic carbocycles. The molecule has 2 heterocycles. The van der Waals surface area contributed by atoms with Crippen molar-refractivity contribution in [3.63, 3.8) is 0 Å². The summed E-state index contributed by atoms with van der Waals surface area (Å²) in [6.07, 6.45) is 7.99. The Hall–Kier alpha value is -7.10. The summed E-state index contributed by atoms with van der Waals surface area (Å²) < 4.78 is 12.4. The molecule has 2 aliphatic rings. The minimum atomic E-state index is -0.110. The van der Waals surface area contributed by atoms with Gasteiger partial charge in [0.2, 0.25) is 0 Å². The predicted molar refractivity (Wildman–Crippen MR) is 242 cm³/mol. The summed E-state index contributed by atoms with van der Waals surface area (Å²) in [5.74, 6) is 0. The molecule has 276 valence electrons. The molecule has 58 heavy (non-hydrogen) atoms. The molecule has 2 aliphatic carbocycles. The molecule has 12 rings (SSSR count). The second-order valence-corrected chi connectivity index (χ2v) is 16.4. The highest BCUT2D eigenvalue weighted by molar-refractivity contribution is 6.10. The lowest BCUT2D eigenvalue weighted by molar-refractivity contribution is 0.659. The zero-order valence-corrected chi connectivity index (χ0v) is 32.4. The molecule has 2 aromatic heterocycles. The van der Waals surface area contributed by atoms with Crippen LogP contribution in [-0.4, -0.2) is 6.04 Å². The molecule has 0 amide bonds. The van der Waals surface area contributed by atoms with E-state index in [0.717, 1.165) is 50.3 Å². The van der Waals surface area contributed by atoms with Gasteiger partial charge in [-0.05, 0) is 111 Å². The zero-order chi connectivity index (χ0) is 38.5. The van der Waals surface area contributed by atoms with Crippen LogP contribution in [-0.2, 0) is 5.41 Å². The van der Waals surface area contributed by atoms with E-state index >= 15 is 0 Å². The Morgan fingerprint density at radius 3 is 1.79 bits per heavy atom. The van der Waals surface area contributed by atoms with Crippen LogP contribution in [0.15, 0.2) is 191 Å². The van der Waals surface area contributed by atoms with Gasteiger partial charge in [0.05, 0.1) is 6.04 Å². The normalized spacial score (nSPS) is 15.7. The van der Waals surface area contributed by atoms with Gasteiger partial charge < -0.3 is 13.7 Å². The van der Waals surface area contributed by atoms with Gasteiger partial charge in [-0.25, -0.2) is 0 Å². The van der Waals surface area contributed by atoms with Crippen molar-refractivity contribution in [2.24, 2.45) is 0 Å². The van der Waals surface area contributed by atoms with Crippen LogP contribution in [0, 0.1) is 0 Å². The van der Waals surface area contributed by atoms with E-state index < -0.39 is 0 Å². The fourth-order valence-corrected chi connectivity index (χ4v) is 9.91. The smallest absolute Gasteiger partial charge is 0.135 e. The topological polar surface area (TPSA) is 29.5 Å². The molecule has 3 nitrogen and oxygen atoms in total. The van der Waals surface area contributed by atoms with Crippen molar-refractivity contribution < 1.29 is 8.83 Å². The highest BCUT2D eigenvalue weighted by atomic mass is 16.3. The number of nitrogens with zero attached hydrogens (tertiary/aromatic N) is 1. The van der Waals surface area contributed by atoms with E-state index in [9.17, 15) is 0 Å². The third-order valence-electron chi connectivity index (χ3n) is 12.8. The molecule has 0 radical (unpaired) electrons. The van der Waals surface area contributed by atoms with Crippen molar-refractivity contribution in [3.8, 4) is 22.3 Å². The van der Waals surface area contributed by atoms with Crippen molar-refractivity contribution in [3.05, 3.63) is 199 Å². The average molecular weight is 746 g/mol. The van der Waals surface area contributed by atoms with Crippen LogP contribution in [0.4, 0.5) is 11.4 Å². The molecule has 0 bridgehead atoms.